The Labute approximate surface area is 164 Å². The maximum Gasteiger partial charge on any atom is 0.179 e. The van der Waals surface area contributed by atoms with E-state index in [1.807, 2.05) is 79.7 Å². The van der Waals surface area contributed by atoms with Crippen molar-refractivity contribution in [1.29, 1.82) is 5.26 Å². The highest BCUT2D eigenvalue weighted by Crippen LogP contribution is 2.32. The van der Waals surface area contributed by atoms with E-state index in [1.165, 1.54) is 5.56 Å². The van der Waals surface area contributed by atoms with E-state index in [1.54, 1.807) is 12.1 Å². The van der Waals surface area contributed by atoms with Crippen LogP contribution in [0.15, 0.2) is 84.9 Å². The number of hydrogen-bond donors (Lipinski definition) is 1. The van der Waals surface area contributed by atoms with Gasteiger partial charge in [-0.05, 0) is 36.4 Å². The van der Waals surface area contributed by atoms with Gasteiger partial charge in [0, 0.05) is 11.3 Å². The second kappa shape index (κ2) is 9.07. The lowest BCUT2D eigenvalue weighted by Gasteiger charge is -2.26. The fourth-order valence-corrected chi connectivity index (χ4v) is 3.64. The van der Waals surface area contributed by atoms with Crippen LogP contribution in [0.25, 0.3) is 0 Å². The molecule has 0 saturated heterocycles. The van der Waals surface area contributed by atoms with Crippen molar-refractivity contribution in [1.82, 2.24) is 0 Å². The molecule has 0 heterocycles. The van der Waals surface area contributed by atoms with Gasteiger partial charge in [0.25, 0.3) is 0 Å². The Kier molecular flexibility index (Phi) is 6.30. The molecule has 0 radical (unpaired) electrons. The number of thioether (sulfide) groups is 1. The van der Waals surface area contributed by atoms with Crippen LogP contribution in [0.5, 0.6) is 0 Å². The number of anilines is 1. The number of nitrogens with one attached hydrogen (secondary N) is 1. The first-order valence-corrected chi connectivity index (χ1v) is 9.59. The van der Waals surface area contributed by atoms with Gasteiger partial charge in [-0.3, -0.25) is 4.79 Å². The van der Waals surface area contributed by atoms with Crippen LogP contribution in [0, 0.1) is 17.6 Å². The number of aryl methyl sites for hydroxylation is 1. The van der Waals surface area contributed by atoms with E-state index in [0.717, 1.165) is 23.0 Å². The Morgan fingerprint density at radius 2 is 1.52 bits per heavy atom. The number of ketones is 1. The number of carbonyl (C=O) groups excluding carboxylic acids is 1. The third-order valence-corrected chi connectivity index (χ3v) is 5.18. The van der Waals surface area contributed by atoms with Crippen molar-refractivity contribution in [3.63, 3.8) is 0 Å². The second-order valence-corrected chi connectivity index (χ2v) is 7.18. The molecule has 3 aromatic rings. The summed E-state index contributed by atoms with van der Waals surface area (Å²) in [5, 5.41) is 14.4. The van der Waals surface area contributed by atoms with Gasteiger partial charge in [0.15, 0.2) is 5.78 Å². The Morgan fingerprint density at radius 1 is 0.926 bits per heavy atom. The van der Waals surface area contributed by atoms with Crippen molar-refractivity contribution >= 4 is 23.2 Å². The summed E-state index contributed by atoms with van der Waals surface area (Å²) in [4.78, 5) is 13.2. The summed E-state index contributed by atoms with van der Waals surface area (Å²) in [6, 6.07) is 26.6. The molecule has 1 N–H and O–H groups in total. The Bertz CT molecular complexity index is 918. The van der Waals surface area contributed by atoms with Gasteiger partial charge in [-0.15, -0.1) is 0 Å². The average Bonchev–Trinajstić information content (AvgIpc) is 2.73. The van der Waals surface area contributed by atoms with Gasteiger partial charge in [-0.1, -0.05) is 78.4 Å². The van der Waals surface area contributed by atoms with Crippen LogP contribution >= 0.6 is 11.8 Å². The first-order valence-electron chi connectivity index (χ1n) is 8.71. The lowest BCUT2D eigenvalue weighted by Crippen LogP contribution is -2.30. The molecule has 0 aliphatic heterocycles. The number of rotatable bonds is 7. The number of benzene rings is 3. The molecule has 0 amide bonds. The average molecular weight is 372 g/mol. The first-order chi connectivity index (χ1) is 13.2. The predicted molar refractivity (Wildman–Crippen MR) is 112 cm³/mol. The second-order valence-electron chi connectivity index (χ2n) is 6.26. The lowest BCUT2D eigenvalue weighted by molar-refractivity contribution is 0.0983. The number of hydrogen-bond acceptors (Lipinski definition) is 4. The molecule has 3 aromatic carbocycles. The van der Waals surface area contributed by atoms with Gasteiger partial charge in [0.05, 0.1) is 6.04 Å². The van der Waals surface area contributed by atoms with Crippen molar-refractivity contribution in [2.45, 2.75) is 18.2 Å². The molecule has 2 unspecified atom stereocenters. The van der Waals surface area contributed by atoms with Crippen LogP contribution in [0.1, 0.15) is 27.5 Å². The maximum atomic E-state index is 13.2. The summed E-state index contributed by atoms with van der Waals surface area (Å²) in [7, 11) is 0. The third kappa shape index (κ3) is 4.78. The number of thiocyanates is 1. The van der Waals surface area contributed by atoms with Crippen molar-refractivity contribution in [3.05, 3.63) is 102 Å². The molecule has 0 spiro atoms. The van der Waals surface area contributed by atoms with E-state index in [-0.39, 0.29) is 11.8 Å². The summed E-state index contributed by atoms with van der Waals surface area (Å²) < 4.78 is 0. The van der Waals surface area contributed by atoms with Gasteiger partial charge in [-0.2, -0.15) is 5.26 Å². The van der Waals surface area contributed by atoms with E-state index in [2.05, 4.69) is 10.7 Å². The summed E-state index contributed by atoms with van der Waals surface area (Å²) >= 11 is 0.998. The van der Waals surface area contributed by atoms with E-state index in [0.29, 0.717) is 5.56 Å². The largest absolute Gasteiger partial charge is 0.377 e. The van der Waals surface area contributed by atoms with E-state index < -0.39 is 5.25 Å². The van der Waals surface area contributed by atoms with Gasteiger partial charge >= 0.3 is 0 Å². The molecule has 2 atom stereocenters. The Hall–Kier alpha value is -3.03. The zero-order valence-corrected chi connectivity index (χ0v) is 15.8. The van der Waals surface area contributed by atoms with Crippen LogP contribution in [0.3, 0.4) is 0 Å². The number of nitriles is 1. The van der Waals surface area contributed by atoms with E-state index >= 15 is 0 Å². The molecule has 0 aliphatic carbocycles. The minimum atomic E-state index is -0.568. The fraction of sp³-hybridized carbons (Fsp3) is 0.130. The molecule has 27 heavy (non-hydrogen) atoms. The molecule has 0 bridgehead atoms. The van der Waals surface area contributed by atoms with Crippen LogP contribution in [0.4, 0.5) is 5.69 Å². The molecule has 0 aromatic heterocycles. The number of carbonyl (C=O) groups is 1. The third-order valence-electron chi connectivity index (χ3n) is 4.33. The highest BCUT2D eigenvalue weighted by Gasteiger charge is 2.31. The van der Waals surface area contributed by atoms with E-state index in [4.69, 9.17) is 0 Å². The topological polar surface area (TPSA) is 52.9 Å². The predicted octanol–water partition coefficient (Wildman–Crippen LogP) is 5.61. The first kappa shape index (κ1) is 18.8. The summed E-state index contributed by atoms with van der Waals surface area (Å²) in [6.07, 6.45) is 0. The standard InChI is InChI=1S/C23H20N2OS/c1-17-12-14-20(15-13-17)25-21(18-8-4-2-5-9-18)23(27-16-24)22(26)19-10-6-3-7-11-19/h2-15,21,23,25H,1H3. The summed E-state index contributed by atoms with van der Waals surface area (Å²) in [6.45, 7) is 2.03. The molecule has 0 aliphatic rings. The van der Waals surface area contributed by atoms with Crippen LogP contribution in [0.2, 0.25) is 0 Å². The zero-order valence-electron chi connectivity index (χ0n) is 15.0. The van der Waals surface area contributed by atoms with E-state index in [9.17, 15) is 10.1 Å². The molecule has 0 saturated carbocycles. The summed E-state index contributed by atoms with van der Waals surface area (Å²) in [5.41, 5.74) is 3.66. The number of Topliss-reactive ketones (excluding diaryl/α,β-unsaturated/α-hetero) is 1. The monoisotopic (exact) mass is 372 g/mol. The highest BCUT2D eigenvalue weighted by atomic mass is 32.2. The van der Waals surface area contributed by atoms with Gasteiger partial charge < -0.3 is 5.32 Å². The maximum absolute atomic E-state index is 13.2. The minimum Gasteiger partial charge on any atom is -0.377 e. The number of nitrogens with zero attached hydrogens (tertiary/aromatic N) is 1. The van der Waals surface area contributed by atoms with Crippen molar-refractivity contribution in [2.75, 3.05) is 5.32 Å². The lowest BCUT2D eigenvalue weighted by atomic mass is 9.97. The van der Waals surface area contributed by atoms with Gasteiger partial charge in [-0.25, -0.2) is 0 Å². The smallest absolute Gasteiger partial charge is 0.179 e. The van der Waals surface area contributed by atoms with Crippen LogP contribution < -0.4 is 5.32 Å². The SMILES string of the molecule is Cc1ccc(NC(c2ccccc2)C(SC#N)C(=O)c2ccccc2)cc1. The highest BCUT2D eigenvalue weighted by molar-refractivity contribution is 8.05. The van der Waals surface area contributed by atoms with Crippen molar-refractivity contribution in [3.8, 4) is 5.40 Å². The molecular weight excluding hydrogens is 352 g/mol. The van der Waals surface area contributed by atoms with Crippen molar-refractivity contribution < 1.29 is 4.79 Å². The van der Waals surface area contributed by atoms with Crippen LogP contribution in [-0.4, -0.2) is 11.0 Å². The molecule has 3 rings (SSSR count). The quantitative estimate of drug-likeness (QED) is 0.432. The van der Waals surface area contributed by atoms with Crippen LogP contribution in [-0.2, 0) is 0 Å². The zero-order chi connectivity index (χ0) is 19.1. The molecule has 134 valence electrons. The Balaban J connectivity index is 1.99. The fourth-order valence-electron chi connectivity index (χ4n) is 2.92. The Morgan fingerprint density at radius 3 is 2.11 bits per heavy atom. The normalized spacial score (nSPS) is 12.6. The van der Waals surface area contributed by atoms with Gasteiger partial charge in [0.1, 0.15) is 10.7 Å². The van der Waals surface area contributed by atoms with Crippen molar-refractivity contribution in [2.24, 2.45) is 0 Å². The molecule has 0 fully saturated rings. The molecule has 3 nitrogen and oxygen atoms in total. The molecule has 4 heteroatoms. The summed E-state index contributed by atoms with van der Waals surface area (Å²) in [5.74, 6) is -0.0596. The van der Waals surface area contributed by atoms with Gasteiger partial charge in [0.2, 0.25) is 0 Å². The molecular formula is C23H20N2OS. The minimum absolute atomic E-state index is 0.0596.